The summed E-state index contributed by atoms with van der Waals surface area (Å²) in [7, 11) is 0. The minimum atomic E-state index is 0.412. The van der Waals surface area contributed by atoms with E-state index in [0.717, 1.165) is 21.1 Å². The van der Waals surface area contributed by atoms with E-state index in [1.165, 1.54) is 5.56 Å². The van der Waals surface area contributed by atoms with E-state index >= 15 is 0 Å². The molecule has 0 fully saturated rings. The SMILES string of the molecule is Cc1cc(Br)c2c(C(C)C)ncnc2c1. The van der Waals surface area contributed by atoms with Crippen LogP contribution >= 0.6 is 15.9 Å². The van der Waals surface area contributed by atoms with E-state index in [9.17, 15) is 0 Å². The number of nitrogens with zero attached hydrogens (tertiary/aromatic N) is 2. The molecule has 2 rings (SSSR count). The number of halogens is 1. The van der Waals surface area contributed by atoms with Crippen LogP contribution in [0.2, 0.25) is 0 Å². The van der Waals surface area contributed by atoms with Gasteiger partial charge in [-0.2, -0.15) is 0 Å². The van der Waals surface area contributed by atoms with Crippen molar-refractivity contribution in [1.29, 1.82) is 0 Å². The van der Waals surface area contributed by atoms with Gasteiger partial charge in [-0.15, -0.1) is 0 Å². The topological polar surface area (TPSA) is 25.8 Å². The van der Waals surface area contributed by atoms with Crippen LogP contribution in [0.25, 0.3) is 10.9 Å². The van der Waals surface area contributed by atoms with Gasteiger partial charge in [0.2, 0.25) is 0 Å². The zero-order valence-electron chi connectivity index (χ0n) is 9.08. The molecule has 15 heavy (non-hydrogen) atoms. The maximum atomic E-state index is 4.36. The predicted molar refractivity (Wildman–Crippen MR) is 66.1 cm³/mol. The highest BCUT2D eigenvalue weighted by Gasteiger charge is 2.10. The second-order valence-electron chi connectivity index (χ2n) is 4.05. The lowest BCUT2D eigenvalue weighted by Gasteiger charge is -2.10. The van der Waals surface area contributed by atoms with Crippen LogP contribution in [0.4, 0.5) is 0 Å². The largest absolute Gasteiger partial charge is 0.240 e. The molecule has 0 bridgehead atoms. The van der Waals surface area contributed by atoms with Crippen LogP contribution in [0, 0.1) is 6.92 Å². The summed E-state index contributed by atoms with van der Waals surface area (Å²) in [6, 6.07) is 4.20. The highest BCUT2D eigenvalue weighted by atomic mass is 79.9. The number of benzene rings is 1. The number of aryl methyl sites for hydroxylation is 1. The molecule has 0 saturated heterocycles. The summed E-state index contributed by atoms with van der Waals surface area (Å²) in [6.45, 7) is 6.36. The fourth-order valence-corrected chi connectivity index (χ4v) is 2.50. The zero-order valence-corrected chi connectivity index (χ0v) is 10.7. The third kappa shape index (κ3) is 1.88. The molecule has 0 spiro atoms. The van der Waals surface area contributed by atoms with Crippen molar-refractivity contribution in [1.82, 2.24) is 9.97 Å². The zero-order chi connectivity index (χ0) is 11.0. The van der Waals surface area contributed by atoms with Gasteiger partial charge in [0.1, 0.15) is 6.33 Å². The molecule has 2 nitrogen and oxygen atoms in total. The summed E-state index contributed by atoms with van der Waals surface area (Å²) in [4.78, 5) is 8.66. The van der Waals surface area contributed by atoms with Crippen molar-refractivity contribution < 1.29 is 0 Å². The van der Waals surface area contributed by atoms with E-state index < -0.39 is 0 Å². The smallest absolute Gasteiger partial charge is 0.116 e. The van der Waals surface area contributed by atoms with Gasteiger partial charge < -0.3 is 0 Å². The molecular formula is C12H13BrN2. The first-order chi connectivity index (χ1) is 7.09. The molecule has 0 aliphatic carbocycles. The van der Waals surface area contributed by atoms with E-state index in [-0.39, 0.29) is 0 Å². The van der Waals surface area contributed by atoms with Crippen molar-refractivity contribution >= 4 is 26.8 Å². The van der Waals surface area contributed by atoms with Crippen molar-refractivity contribution in [3.63, 3.8) is 0 Å². The first-order valence-corrected chi connectivity index (χ1v) is 5.79. The van der Waals surface area contributed by atoms with E-state index in [1.54, 1.807) is 6.33 Å². The van der Waals surface area contributed by atoms with Crippen LogP contribution in [-0.2, 0) is 0 Å². The molecule has 1 aromatic heterocycles. The standard InChI is InChI=1S/C12H13BrN2/c1-7(2)12-11-9(13)4-8(3)5-10(11)14-6-15-12/h4-7H,1-3H3. The third-order valence-corrected chi connectivity index (χ3v) is 3.04. The number of rotatable bonds is 1. The van der Waals surface area contributed by atoms with Gasteiger partial charge in [0.05, 0.1) is 11.2 Å². The summed E-state index contributed by atoms with van der Waals surface area (Å²) >= 11 is 3.59. The van der Waals surface area contributed by atoms with Gasteiger partial charge in [0, 0.05) is 9.86 Å². The normalized spacial score (nSPS) is 11.3. The monoisotopic (exact) mass is 264 g/mol. The average molecular weight is 265 g/mol. The van der Waals surface area contributed by atoms with E-state index in [2.05, 4.69) is 58.8 Å². The van der Waals surface area contributed by atoms with Gasteiger partial charge in [-0.25, -0.2) is 9.97 Å². The average Bonchev–Trinajstić information content (AvgIpc) is 2.16. The lowest BCUT2D eigenvalue weighted by atomic mass is 10.0. The Morgan fingerprint density at radius 2 is 1.93 bits per heavy atom. The molecule has 1 aromatic carbocycles. The maximum Gasteiger partial charge on any atom is 0.116 e. The van der Waals surface area contributed by atoms with E-state index in [1.807, 2.05) is 0 Å². The van der Waals surface area contributed by atoms with E-state index in [0.29, 0.717) is 5.92 Å². The lowest BCUT2D eigenvalue weighted by Crippen LogP contribution is -1.96. The number of fused-ring (bicyclic) bond motifs is 1. The first kappa shape index (κ1) is 10.6. The summed E-state index contributed by atoms with van der Waals surface area (Å²) in [5.74, 6) is 0.412. The lowest BCUT2D eigenvalue weighted by molar-refractivity contribution is 0.828. The number of aromatic nitrogens is 2. The molecule has 0 atom stereocenters. The van der Waals surface area contributed by atoms with Crippen LogP contribution < -0.4 is 0 Å². The Hall–Kier alpha value is -0.960. The molecule has 2 aromatic rings. The van der Waals surface area contributed by atoms with Gasteiger partial charge >= 0.3 is 0 Å². The molecule has 0 N–H and O–H groups in total. The molecule has 0 radical (unpaired) electrons. The Kier molecular flexibility index (Phi) is 2.74. The summed E-state index contributed by atoms with van der Waals surface area (Å²) in [6.07, 6.45) is 1.64. The third-order valence-electron chi connectivity index (χ3n) is 2.41. The van der Waals surface area contributed by atoms with Crippen LogP contribution in [0.5, 0.6) is 0 Å². The minimum absolute atomic E-state index is 0.412. The van der Waals surface area contributed by atoms with Crippen molar-refractivity contribution in [2.24, 2.45) is 0 Å². The fraction of sp³-hybridized carbons (Fsp3) is 0.333. The van der Waals surface area contributed by atoms with Crippen LogP contribution in [0.3, 0.4) is 0 Å². The summed E-state index contributed by atoms with van der Waals surface area (Å²) in [5, 5.41) is 1.14. The Labute approximate surface area is 97.9 Å². The highest BCUT2D eigenvalue weighted by Crippen LogP contribution is 2.29. The second-order valence-corrected chi connectivity index (χ2v) is 4.91. The minimum Gasteiger partial charge on any atom is -0.240 e. The van der Waals surface area contributed by atoms with Crippen molar-refractivity contribution in [2.45, 2.75) is 26.7 Å². The van der Waals surface area contributed by atoms with Crippen LogP contribution in [0.15, 0.2) is 22.9 Å². The van der Waals surface area contributed by atoms with Gasteiger partial charge in [0.25, 0.3) is 0 Å². The van der Waals surface area contributed by atoms with Gasteiger partial charge in [-0.05, 0) is 30.5 Å². The fourth-order valence-electron chi connectivity index (χ4n) is 1.73. The summed E-state index contributed by atoms with van der Waals surface area (Å²) < 4.78 is 1.09. The van der Waals surface area contributed by atoms with Crippen molar-refractivity contribution in [3.8, 4) is 0 Å². The number of hydrogen-bond donors (Lipinski definition) is 0. The van der Waals surface area contributed by atoms with Crippen molar-refractivity contribution in [3.05, 3.63) is 34.2 Å². The van der Waals surface area contributed by atoms with E-state index in [4.69, 9.17) is 0 Å². The Bertz CT molecular complexity index is 506. The molecular weight excluding hydrogens is 252 g/mol. The Morgan fingerprint density at radius 1 is 1.20 bits per heavy atom. The maximum absolute atomic E-state index is 4.36. The Morgan fingerprint density at radius 3 is 2.60 bits per heavy atom. The molecule has 0 aliphatic heterocycles. The van der Waals surface area contributed by atoms with Crippen LogP contribution in [-0.4, -0.2) is 9.97 Å². The predicted octanol–water partition coefficient (Wildman–Crippen LogP) is 3.82. The quantitative estimate of drug-likeness (QED) is 0.783. The van der Waals surface area contributed by atoms with Gasteiger partial charge in [0.15, 0.2) is 0 Å². The molecule has 0 aliphatic rings. The van der Waals surface area contributed by atoms with Gasteiger partial charge in [-0.1, -0.05) is 29.8 Å². The second kappa shape index (κ2) is 3.89. The molecule has 1 heterocycles. The van der Waals surface area contributed by atoms with Gasteiger partial charge in [-0.3, -0.25) is 0 Å². The molecule has 0 saturated carbocycles. The number of hydrogen-bond acceptors (Lipinski definition) is 2. The Balaban J connectivity index is 2.85. The molecule has 0 amide bonds. The molecule has 3 heteroatoms. The van der Waals surface area contributed by atoms with Crippen LogP contribution in [0.1, 0.15) is 31.0 Å². The summed E-state index contributed by atoms with van der Waals surface area (Å²) in [5.41, 5.74) is 3.33. The molecule has 78 valence electrons. The first-order valence-electron chi connectivity index (χ1n) is 5.00. The molecule has 0 unspecified atom stereocenters. The highest BCUT2D eigenvalue weighted by molar-refractivity contribution is 9.10. The van der Waals surface area contributed by atoms with Crippen molar-refractivity contribution in [2.75, 3.05) is 0 Å².